The summed E-state index contributed by atoms with van der Waals surface area (Å²) in [6, 6.07) is 7.32. The van der Waals surface area contributed by atoms with E-state index in [-0.39, 0.29) is 18.7 Å². The van der Waals surface area contributed by atoms with Gasteiger partial charge in [-0.15, -0.1) is 0 Å². The lowest BCUT2D eigenvalue weighted by molar-refractivity contribution is 0.230. The molecule has 5 heteroatoms. The smallest absolute Gasteiger partial charge is 0.315 e. The number of hydrogen-bond acceptors (Lipinski definition) is 3. The quantitative estimate of drug-likeness (QED) is 0.703. The van der Waals surface area contributed by atoms with Gasteiger partial charge in [0.2, 0.25) is 0 Å². The molecule has 0 bridgehead atoms. The van der Waals surface area contributed by atoms with Crippen molar-refractivity contribution in [3.05, 3.63) is 29.8 Å². The first kappa shape index (κ1) is 15.3. The molecule has 0 unspecified atom stereocenters. The van der Waals surface area contributed by atoms with Crippen LogP contribution in [-0.4, -0.2) is 30.4 Å². The van der Waals surface area contributed by atoms with Crippen molar-refractivity contribution in [3.63, 3.8) is 0 Å². The van der Waals surface area contributed by atoms with E-state index in [9.17, 15) is 4.79 Å². The molecule has 0 saturated heterocycles. The zero-order chi connectivity index (χ0) is 14.1. The van der Waals surface area contributed by atoms with E-state index in [0.29, 0.717) is 19.6 Å². The Kier molecular flexibility index (Phi) is 6.74. The summed E-state index contributed by atoms with van der Waals surface area (Å²) >= 11 is 0. The summed E-state index contributed by atoms with van der Waals surface area (Å²) in [6.45, 7) is 4.84. The second-order valence-electron chi connectivity index (χ2n) is 4.28. The van der Waals surface area contributed by atoms with Crippen LogP contribution >= 0.6 is 0 Å². The van der Waals surface area contributed by atoms with Crippen LogP contribution in [0.4, 0.5) is 4.79 Å². The van der Waals surface area contributed by atoms with Crippen LogP contribution in [0.1, 0.15) is 25.8 Å². The van der Waals surface area contributed by atoms with Gasteiger partial charge in [-0.2, -0.15) is 0 Å². The minimum atomic E-state index is -0.243. The van der Waals surface area contributed by atoms with Gasteiger partial charge in [0.1, 0.15) is 5.75 Å². The summed E-state index contributed by atoms with van der Waals surface area (Å²) < 4.78 is 5.48. The number of para-hydroxylation sites is 1. The molecule has 0 heterocycles. The molecule has 0 radical (unpaired) electrons. The average Bonchev–Trinajstić information content (AvgIpc) is 2.38. The second-order valence-corrected chi connectivity index (χ2v) is 4.28. The number of hydrogen-bond donors (Lipinski definition) is 3. The minimum absolute atomic E-state index is 0.0489. The van der Waals surface area contributed by atoms with E-state index >= 15 is 0 Å². The van der Waals surface area contributed by atoms with Gasteiger partial charge in [0.05, 0.1) is 6.61 Å². The molecule has 0 aliphatic heterocycles. The molecule has 5 nitrogen and oxygen atoms in total. The molecule has 0 saturated carbocycles. The minimum Gasteiger partial charge on any atom is -0.494 e. The third-order valence-corrected chi connectivity index (χ3v) is 2.65. The van der Waals surface area contributed by atoms with E-state index in [4.69, 9.17) is 9.84 Å². The van der Waals surface area contributed by atoms with Gasteiger partial charge in [-0.05, 0) is 26.3 Å². The zero-order valence-electron chi connectivity index (χ0n) is 11.5. The first-order valence-electron chi connectivity index (χ1n) is 6.53. The van der Waals surface area contributed by atoms with Crippen LogP contribution in [0.15, 0.2) is 24.3 Å². The molecule has 1 aromatic carbocycles. The normalized spacial score (nSPS) is 11.7. The first-order chi connectivity index (χ1) is 9.17. The molecule has 106 valence electrons. The third-order valence-electron chi connectivity index (χ3n) is 2.65. The number of nitrogens with one attached hydrogen (secondary N) is 2. The molecule has 1 aromatic rings. The Bertz CT molecular complexity index is 396. The lowest BCUT2D eigenvalue weighted by Crippen LogP contribution is -2.40. The standard InChI is InChI=1S/C14H22N2O3/c1-3-19-13-7-5-4-6-12(13)10-15-14(18)16-11(2)8-9-17/h4-7,11,17H,3,8-10H2,1-2H3,(H2,15,16,18)/t11-/m1/s1. The van der Waals surface area contributed by atoms with Crippen molar-refractivity contribution in [1.82, 2.24) is 10.6 Å². The molecule has 0 fully saturated rings. The van der Waals surface area contributed by atoms with Gasteiger partial charge in [0, 0.05) is 24.8 Å². The van der Waals surface area contributed by atoms with Crippen molar-refractivity contribution in [2.24, 2.45) is 0 Å². The van der Waals surface area contributed by atoms with E-state index in [0.717, 1.165) is 11.3 Å². The highest BCUT2D eigenvalue weighted by Crippen LogP contribution is 2.17. The molecule has 3 N–H and O–H groups in total. The monoisotopic (exact) mass is 266 g/mol. The van der Waals surface area contributed by atoms with Gasteiger partial charge in [0.15, 0.2) is 0 Å². The summed E-state index contributed by atoms with van der Waals surface area (Å²) in [7, 11) is 0. The Morgan fingerprint density at radius 3 is 2.84 bits per heavy atom. The van der Waals surface area contributed by atoms with Crippen molar-refractivity contribution in [1.29, 1.82) is 0 Å². The Balaban J connectivity index is 2.45. The summed E-state index contributed by atoms with van der Waals surface area (Å²) in [4.78, 5) is 11.6. The Morgan fingerprint density at radius 1 is 1.42 bits per heavy atom. The summed E-state index contributed by atoms with van der Waals surface area (Å²) in [5.74, 6) is 0.786. The summed E-state index contributed by atoms with van der Waals surface area (Å²) in [6.07, 6.45) is 0.545. The number of benzene rings is 1. The van der Waals surface area contributed by atoms with Crippen LogP contribution < -0.4 is 15.4 Å². The van der Waals surface area contributed by atoms with E-state index in [2.05, 4.69) is 10.6 Å². The fraction of sp³-hybridized carbons (Fsp3) is 0.500. The van der Waals surface area contributed by atoms with E-state index in [1.807, 2.05) is 38.1 Å². The highest BCUT2D eigenvalue weighted by Gasteiger charge is 2.07. The maximum Gasteiger partial charge on any atom is 0.315 e. The number of amides is 2. The van der Waals surface area contributed by atoms with Crippen LogP contribution in [0.5, 0.6) is 5.75 Å². The SMILES string of the molecule is CCOc1ccccc1CNC(=O)N[C@H](C)CCO. The fourth-order valence-electron chi connectivity index (χ4n) is 1.66. The molecule has 0 aromatic heterocycles. The maximum absolute atomic E-state index is 11.6. The van der Waals surface area contributed by atoms with Crippen molar-refractivity contribution >= 4 is 6.03 Å². The molecule has 0 aliphatic rings. The Morgan fingerprint density at radius 2 is 2.16 bits per heavy atom. The molecule has 0 spiro atoms. The van der Waals surface area contributed by atoms with Crippen molar-refractivity contribution in [2.45, 2.75) is 32.9 Å². The summed E-state index contributed by atoms with van der Waals surface area (Å²) in [5, 5.41) is 14.3. The van der Waals surface area contributed by atoms with Crippen LogP contribution in [0, 0.1) is 0 Å². The molecule has 0 aliphatic carbocycles. The van der Waals surface area contributed by atoms with Crippen molar-refractivity contribution in [3.8, 4) is 5.75 Å². The van der Waals surface area contributed by atoms with Crippen LogP contribution in [-0.2, 0) is 6.54 Å². The number of carbonyl (C=O) groups excluding carboxylic acids is 1. The zero-order valence-corrected chi connectivity index (χ0v) is 11.5. The predicted molar refractivity (Wildman–Crippen MR) is 74.1 cm³/mol. The second kappa shape index (κ2) is 8.37. The van der Waals surface area contributed by atoms with E-state index in [1.54, 1.807) is 0 Å². The highest BCUT2D eigenvalue weighted by atomic mass is 16.5. The molecule has 1 atom stereocenters. The third kappa shape index (κ3) is 5.61. The fourth-order valence-corrected chi connectivity index (χ4v) is 1.66. The van der Waals surface area contributed by atoms with Gasteiger partial charge >= 0.3 is 6.03 Å². The van der Waals surface area contributed by atoms with Gasteiger partial charge in [-0.1, -0.05) is 18.2 Å². The number of carbonyl (C=O) groups is 1. The molecule has 19 heavy (non-hydrogen) atoms. The van der Waals surface area contributed by atoms with Crippen LogP contribution in [0.2, 0.25) is 0 Å². The lowest BCUT2D eigenvalue weighted by Gasteiger charge is -2.14. The topological polar surface area (TPSA) is 70.6 Å². The number of ether oxygens (including phenoxy) is 1. The molecule has 1 rings (SSSR count). The summed E-state index contributed by atoms with van der Waals surface area (Å²) in [5.41, 5.74) is 0.939. The van der Waals surface area contributed by atoms with Crippen LogP contribution in [0.3, 0.4) is 0 Å². The molecular weight excluding hydrogens is 244 g/mol. The maximum atomic E-state index is 11.6. The number of aliphatic hydroxyl groups is 1. The molecular formula is C14H22N2O3. The number of urea groups is 1. The molecule has 2 amide bonds. The largest absolute Gasteiger partial charge is 0.494 e. The van der Waals surface area contributed by atoms with Gasteiger partial charge in [-0.25, -0.2) is 4.79 Å². The Hall–Kier alpha value is -1.75. The first-order valence-corrected chi connectivity index (χ1v) is 6.53. The number of aliphatic hydroxyl groups excluding tert-OH is 1. The van der Waals surface area contributed by atoms with Gasteiger partial charge < -0.3 is 20.5 Å². The van der Waals surface area contributed by atoms with Crippen molar-refractivity contribution < 1.29 is 14.6 Å². The lowest BCUT2D eigenvalue weighted by atomic mass is 10.2. The Labute approximate surface area is 114 Å². The van der Waals surface area contributed by atoms with Crippen LogP contribution in [0.25, 0.3) is 0 Å². The average molecular weight is 266 g/mol. The number of rotatable bonds is 7. The predicted octanol–water partition coefficient (Wildman–Crippen LogP) is 1.66. The van der Waals surface area contributed by atoms with Gasteiger partial charge in [-0.3, -0.25) is 0 Å². The van der Waals surface area contributed by atoms with Gasteiger partial charge in [0.25, 0.3) is 0 Å². The van der Waals surface area contributed by atoms with Crippen molar-refractivity contribution in [2.75, 3.05) is 13.2 Å². The van der Waals surface area contributed by atoms with E-state index < -0.39 is 0 Å². The highest BCUT2D eigenvalue weighted by molar-refractivity contribution is 5.74. The van der Waals surface area contributed by atoms with E-state index in [1.165, 1.54) is 0 Å².